The van der Waals surface area contributed by atoms with Gasteiger partial charge in [0.05, 0.1) is 0 Å². The van der Waals surface area contributed by atoms with Crippen LogP contribution in [0.5, 0.6) is 0 Å². The maximum atomic E-state index is 2.75. The molecular weight excluding hydrogens is 515 g/mol. The quantitative estimate of drug-likeness (QED) is 0.346. The maximum absolute atomic E-state index is 2.75. The van der Waals surface area contributed by atoms with E-state index >= 15 is 0 Å². The van der Waals surface area contributed by atoms with Crippen molar-refractivity contribution in [3.8, 4) is 0 Å². The van der Waals surface area contributed by atoms with Crippen molar-refractivity contribution in [3.63, 3.8) is 0 Å². The van der Waals surface area contributed by atoms with Crippen LogP contribution in [0.1, 0.15) is 5.69 Å². The van der Waals surface area contributed by atoms with Crippen LogP contribution in [0.4, 0.5) is 0 Å². The molecule has 1 nitrogen and oxygen atoms in total. The predicted molar refractivity (Wildman–Crippen MR) is 114 cm³/mol. The van der Waals surface area contributed by atoms with Crippen molar-refractivity contribution in [2.24, 2.45) is 0 Å². The molecule has 0 aliphatic rings. The summed E-state index contributed by atoms with van der Waals surface area (Å²) in [4.78, 5) is -1.83. The molecule has 2 aromatic carbocycles. The van der Waals surface area contributed by atoms with Crippen molar-refractivity contribution < 1.29 is 2.78 Å². The molecule has 112 valence electrons. The van der Waals surface area contributed by atoms with E-state index in [2.05, 4.69) is 133 Å². The first-order valence-corrected chi connectivity index (χ1v) is 13.4. The molecule has 0 saturated carbocycles. The summed E-state index contributed by atoms with van der Waals surface area (Å²) in [5.74, 6) is 0. The number of pyridine rings is 1. The van der Waals surface area contributed by atoms with Crippen LogP contribution in [-0.4, -0.2) is 0 Å². The minimum absolute atomic E-state index is 1.09. The van der Waals surface area contributed by atoms with E-state index in [-0.39, 0.29) is 0 Å². The molecule has 0 aliphatic carbocycles. The van der Waals surface area contributed by atoms with Crippen LogP contribution in [0.25, 0.3) is 0 Å². The van der Waals surface area contributed by atoms with Crippen LogP contribution in [0.3, 0.4) is 0 Å². The van der Waals surface area contributed by atoms with Gasteiger partial charge in [0.15, 0.2) is 0 Å². The average Bonchev–Trinajstić information content (AvgIpc) is 2.58. The summed E-state index contributed by atoms with van der Waals surface area (Å²) in [6, 6.07) is 28.4. The van der Waals surface area contributed by atoms with Gasteiger partial charge in [-0.3, -0.25) is 0 Å². The number of nitrogens with zero attached hydrogens (tertiary/aromatic N) is 1. The number of rotatable bonds is 4. The van der Waals surface area contributed by atoms with Crippen molar-refractivity contribution in [3.05, 3.63) is 90.8 Å². The molecule has 0 saturated heterocycles. The molecular formula is C18H17I2NP+. The zero-order valence-corrected chi connectivity index (χ0v) is 17.3. The van der Waals surface area contributed by atoms with Gasteiger partial charge < -0.3 is 0 Å². The fraction of sp³-hybridized carbons (Fsp3) is 0.0556. The standard InChI is InChI=1S/C18H17I2NP/c19-21-14-8-7-9-16(21)15-22(20,17-10-3-1-4-11-17)18-12-5-2-6-13-18/h1-14,22H,15H2/q+1. The van der Waals surface area contributed by atoms with Crippen LogP contribution in [0.15, 0.2) is 85.1 Å². The Labute approximate surface area is 159 Å². The Morgan fingerprint density at radius 2 is 1.23 bits per heavy atom. The Morgan fingerprint density at radius 3 is 1.73 bits per heavy atom. The Morgan fingerprint density at radius 1 is 0.727 bits per heavy atom. The van der Waals surface area contributed by atoms with Gasteiger partial charge in [-0.05, 0) is 0 Å². The third-order valence-electron chi connectivity index (χ3n) is 3.78. The average molecular weight is 532 g/mol. The van der Waals surface area contributed by atoms with Crippen LogP contribution in [0.2, 0.25) is 0 Å². The number of halogens is 2. The van der Waals surface area contributed by atoms with E-state index < -0.39 is 4.90 Å². The molecule has 0 unspecified atom stereocenters. The molecule has 0 aliphatic heterocycles. The summed E-state index contributed by atoms with van der Waals surface area (Å²) in [6.07, 6.45) is 3.21. The fourth-order valence-corrected chi connectivity index (χ4v) is 9.76. The molecule has 0 radical (unpaired) electrons. The Bertz CT molecular complexity index is 708. The molecule has 0 fully saturated rings. The second kappa shape index (κ2) is 7.37. The second-order valence-corrected chi connectivity index (χ2v) is 14.9. The van der Waals surface area contributed by atoms with Crippen LogP contribution < -0.4 is 13.4 Å². The summed E-state index contributed by atoms with van der Waals surface area (Å²) in [5.41, 5.74) is 1.37. The van der Waals surface area contributed by atoms with Gasteiger partial charge in [-0.1, -0.05) is 0 Å². The van der Waals surface area contributed by atoms with E-state index in [0.29, 0.717) is 0 Å². The zero-order chi connectivity index (χ0) is 15.4. The third-order valence-corrected chi connectivity index (χ3v) is 12.9. The van der Waals surface area contributed by atoms with E-state index in [9.17, 15) is 0 Å². The van der Waals surface area contributed by atoms with Crippen molar-refractivity contribution in [1.82, 2.24) is 0 Å². The number of hydrogen-bond donors (Lipinski definition) is 0. The Balaban J connectivity index is 2.10. The molecule has 0 atom stereocenters. The molecule has 0 bridgehead atoms. The summed E-state index contributed by atoms with van der Waals surface area (Å²) < 4.78 is 2.21. The molecule has 0 amide bonds. The molecule has 4 heteroatoms. The van der Waals surface area contributed by atoms with Gasteiger partial charge in [-0.2, -0.15) is 0 Å². The first-order valence-electron chi connectivity index (χ1n) is 7.16. The summed E-state index contributed by atoms with van der Waals surface area (Å²) in [5, 5.41) is 2.95. The Kier molecular flexibility index (Phi) is 5.47. The van der Waals surface area contributed by atoms with Gasteiger partial charge in [0.1, 0.15) is 0 Å². The van der Waals surface area contributed by atoms with Crippen molar-refractivity contribution in [2.45, 2.75) is 6.16 Å². The molecule has 1 aromatic heterocycles. The summed E-state index contributed by atoms with van der Waals surface area (Å²) >= 11 is 5.12. The topological polar surface area (TPSA) is 3.88 Å². The van der Waals surface area contributed by atoms with E-state index in [4.69, 9.17) is 0 Å². The van der Waals surface area contributed by atoms with Crippen LogP contribution in [-0.2, 0) is 6.16 Å². The fourth-order valence-electron chi connectivity index (χ4n) is 2.62. The van der Waals surface area contributed by atoms with Crippen LogP contribution in [0, 0.1) is 0 Å². The number of aromatic nitrogens is 1. The van der Waals surface area contributed by atoms with Gasteiger partial charge in [0, 0.05) is 0 Å². The van der Waals surface area contributed by atoms with E-state index in [1.807, 2.05) is 0 Å². The van der Waals surface area contributed by atoms with Crippen molar-refractivity contribution in [2.75, 3.05) is 0 Å². The van der Waals surface area contributed by atoms with E-state index in [1.54, 1.807) is 0 Å². The van der Waals surface area contributed by atoms with E-state index in [1.165, 1.54) is 16.3 Å². The van der Waals surface area contributed by atoms with Crippen molar-refractivity contribution >= 4 is 60.4 Å². The minimum atomic E-state index is -1.83. The monoisotopic (exact) mass is 532 g/mol. The first-order chi connectivity index (χ1) is 10.7. The van der Waals surface area contributed by atoms with Crippen molar-refractivity contribution in [1.29, 1.82) is 0 Å². The third kappa shape index (κ3) is 3.52. The predicted octanol–water partition coefficient (Wildman–Crippen LogP) is 4.42. The summed E-state index contributed by atoms with van der Waals surface area (Å²) in [6.45, 7) is 0. The number of hydrogen-bond acceptors (Lipinski definition) is 0. The normalized spacial score (nSPS) is 12.1. The molecule has 0 spiro atoms. The second-order valence-electron chi connectivity index (χ2n) is 5.21. The Hall–Kier alpha value is -0.520. The first kappa shape index (κ1) is 16.3. The molecule has 22 heavy (non-hydrogen) atoms. The van der Waals surface area contributed by atoms with Gasteiger partial charge in [-0.25, -0.2) is 0 Å². The molecule has 3 aromatic rings. The van der Waals surface area contributed by atoms with Gasteiger partial charge in [0.25, 0.3) is 0 Å². The van der Waals surface area contributed by atoms with Crippen LogP contribution >= 0.6 is 49.8 Å². The van der Waals surface area contributed by atoms with Gasteiger partial charge >= 0.3 is 160 Å². The molecule has 1 heterocycles. The van der Waals surface area contributed by atoms with Gasteiger partial charge in [-0.15, -0.1) is 0 Å². The summed E-state index contributed by atoms with van der Waals surface area (Å²) in [7, 11) is 0. The SMILES string of the molecule is I[n+]1ccccc1C[PH](I)(c1ccccc1)c1ccccc1. The zero-order valence-electron chi connectivity index (χ0n) is 12.0. The molecule has 0 N–H and O–H groups in total. The number of benzene rings is 2. The van der Waals surface area contributed by atoms with Gasteiger partial charge in [0.2, 0.25) is 0 Å². The molecule has 3 rings (SSSR count). The van der Waals surface area contributed by atoms with E-state index in [0.717, 1.165) is 6.16 Å².